The van der Waals surface area contributed by atoms with Gasteiger partial charge in [-0.15, -0.1) is 11.3 Å². The first-order valence-corrected chi connectivity index (χ1v) is 18.9. The van der Waals surface area contributed by atoms with Crippen molar-refractivity contribution in [2.24, 2.45) is 0 Å². The quantitative estimate of drug-likeness (QED) is 0.161. The van der Waals surface area contributed by atoms with Gasteiger partial charge in [0.1, 0.15) is 5.58 Å². The third kappa shape index (κ3) is 3.85. The number of furan rings is 1. The first kappa shape index (κ1) is 29.5. The highest BCUT2D eigenvalue weighted by Gasteiger charge is 2.44. The summed E-state index contributed by atoms with van der Waals surface area (Å²) in [7, 11) is 0. The minimum absolute atomic E-state index is 0.0430. The molecule has 0 amide bonds. The zero-order valence-corrected chi connectivity index (χ0v) is 30.6. The summed E-state index contributed by atoms with van der Waals surface area (Å²) >= 11 is 1.97. The monoisotopic (exact) mass is 676 g/mol. The average Bonchev–Trinajstić information content (AvgIpc) is 3.79. The fourth-order valence-electron chi connectivity index (χ4n) is 8.98. The van der Waals surface area contributed by atoms with E-state index in [-0.39, 0.29) is 17.5 Å². The summed E-state index contributed by atoms with van der Waals surface area (Å²) in [5, 5.41) is 6.16. The second-order valence-corrected chi connectivity index (χ2v) is 17.7. The molecule has 0 saturated heterocycles. The maximum Gasteiger partial charge on any atom is 0.264 e. The van der Waals surface area contributed by atoms with Gasteiger partial charge in [-0.2, -0.15) is 0 Å². The first-order valence-electron chi connectivity index (χ1n) is 18.1. The Morgan fingerprint density at radius 1 is 0.588 bits per heavy atom. The Kier molecular flexibility index (Phi) is 5.63. The molecule has 5 heteroatoms. The Morgan fingerprint density at radius 3 is 2.08 bits per heavy atom. The maximum atomic E-state index is 6.75. The van der Waals surface area contributed by atoms with Crippen LogP contribution >= 0.6 is 11.3 Å². The fourth-order valence-corrected chi connectivity index (χ4v) is 10.3. The number of nitrogens with zero attached hydrogens (tertiary/aromatic N) is 2. The average molecular weight is 677 g/mol. The third-order valence-corrected chi connectivity index (χ3v) is 12.7. The number of hydrogen-bond acceptors (Lipinski definition) is 3. The van der Waals surface area contributed by atoms with Crippen molar-refractivity contribution in [2.75, 3.05) is 4.90 Å². The predicted octanol–water partition coefficient (Wildman–Crippen LogP) is 11.1. The number of aromatic nitrogens is 1. The molecule has 2 aliphatic heterocycles. The molecule has 5 heterocycles. The smallest absolute Gasteiger partial charge is 0.264 e. The first-order chi connectivity index (χ1) is 24.6. The van der Waals surface area contributed by atoms with Crippen molar-refractivity contribution in [3.8, 4) is 5.69 Å². The van der Waals surface area contributed by atoms with Crippen LogP contribution in [0.1, 0.15) is 52.7 Å². The Hall–Kier alpha value is -5.26. The van der Waals surface area contributed by atoms with Crippen LogP contribution in [0.3, 0.4) is 0 Å². The van der Waals surface area contributed by atoms with Crippen LogP contribution in [0.2, 0.25) is 0 Å². The molecule has 6 aromatic carbocycles. The van der Waals surface area contributed by atoms with Crippen LogP contribution < -0.4 is 20.6 Å². The molecule has 0 aliphatic carbocycles. The Bertz CT molecular complexity index is 2950. The molecule has 0 radical (unpaired) electrons. The van der Waals surface area contributed by atoms with Crippen molar-refractivity contribution in [1.29, 1.82) is 0 Å². The molecule has 0 atom stereocenters. The van der Waals surface area contributed by atoms with Gasteiger partial charge in [0.25, 0.3) is 6.71 Å². The van der Waals surface area contributed by atoms with Gasteiger partial charge in [0.2, 0.25) is 0 Å². The van der Waals surface area contributed by atoms with E-state index >= 15 is 0 Å². The van der Waals surface area contributed by atoms with E-state index in [1.807, 2.05) is 11.3 Å². The molecule has 0 N–H and O–H groups in total. The Labute approximate surface area is 301 Å². The highest BCUT2D eigenvalue weighted by atomic mass is 32.1. The lowest BCUT2D eigenvalue weighted by molar-refractivity contribution is 0.590. The molecule has 246 valence electrons. The summed E-state index contributed by atoms with van der Waals surface area (Å²) in [6.45, 7) is 13.9. The minimum Gasteiger partial charge on any atom is -0.454 e. The van der Waals surface area contributed by atoms with Gasteiger partial charge in [-0.05, 0) is 81.4 Å². The van der Waals surface area contributed by atoms with Gasteiger partial charge in [-0.1, -0.05) is 108 Å². The van der Waals surface area contributed by atoms with Gasteiger partial charge < -0.3 is 13.9 Å². The van der Waals surface area contributed by atoms with Gasteiger partial charge in [0, 0.05) is 59.0 Å². The van der Waals surface area contributed by atoms with Crippen molar-refractivity contribution in [1.82, 2.24) is 4.57 Å². The fraction of sp³-hybridized carbons (Fsp3) is 0.174. The van der Waals surface area contributed by atoms with E-state index in [2.05, 4.69) is 166 Å². The van der Waals surface area contributed by atoms with E-state index in [4.69, 9.17) is 4.42 Å². The molecule has 51 heavy (non-hydrogen) atoms. The lowest BCUT2D eigenvalue weighted by Gasteiger charge is -2.39. The maximum absolute atomic E-state index is 6.75. The van der Waals surface area contributed by atoms with Crippen molar-refractivity contribution in [2.45, 2.75) is 52.4 Å². The van der Waals surface area contributed by atoms with E-state index < -0.39 is 0 Å². The topological polar surface area (TPSA) is 21.3 Å². The van der Waals surface area contributed by atoms with Gasteiger partial charge in [0.05, 0.1) is 11.2 Å². The summed E-state index contributed by atoms with van der Waals surface area (Å²) in [6.07, 6.45) is 0. The Balaban J connectivity index is 1.29. The highest BCUT2D eigenvalue weighted by molar-refractivity contribution is 7.33. The zero-order chi connectivity index (χ0) is 34.6. The van der Waals surface area contributed by atoms with Crippen molar-refractivity contribution >= 4 is 105 Å². The molecule has 11 rings (SSSR count). The molecule has 0 saturated carbocycles. The molecular formula is C46H37BN2OS. The van der Waals surface area contributed by atoms with E-state index in [0.717, 1.165) is 27.5 Å². The molecule has 3 nitrogen and oxygen atoms in total. The number of para-hydroxylation sites is 2. The molecule has 2 aliphatic rings. The number of hydrogen-bond donors (Lipinski definition) is 0. The largest absolute Gasteiger partial charge is 0.454 e. The van der Waals surface area contributed by atoms with E-state index in [9.17, 15) is 0 Å². The normalized spacial score (nSPS) is 14.0. The molecule has 3 aromatic heterocycles. The number of thiophene rings is 1. The number of fused-ring (bicyclic) bond motifs is 13. The molecular weight excluding hydrogens is 639 g/mol. The minimum atomic E-state index is 0.0430. The van der Waals surface area contributed by atoms with E-state index in [0.29, 0.717) is 0 Å². The van der Waals surface area contributed by atoms with Crippen LogP contribution in [-0.4, -0.2) is 11.3 Å². The number of anilines is 3. The zero-order valence-electron chi connectivity index (χ0n) is 29.8. The lowest BCUT2D eigenvalue weighted by Crippen LogP contribution is -2.59. The highest BCUT2D eigenvalue weighted by Crippen LogP contribution is 2.48. The third-order valence-electron chi connectivity index (χ3n) is 11.5. The summed E-state index contributed by atoms with van der Waals surface area (Å²) in [4.78, 5) is 2.57. The second kappa shape index (κ2) is 9.74. The van der Waals surface area contributed by atoms with Crippen LogP contribution in [-0.2, 0) is 10.8 Å². The van der Waals surface area contributed by atoms with Crippen molar-refractivity contribution < 1.29 is 4.42 Å². The Morgan fingerprint density at radius 2 is 1.27 bits per heavy atom. The van der Waals surface area contributed by atoms with Crippen LogP contribution in [0.15, 0.2) is 120 Å². The van der Waals surface area contributed by atoms with E-state index in [1.165, 1.54) is 76.0 Å². The van der Waals surface area contributed by atoms with Gasteiger partial charge >= 0.3 is 0 Å². The molecule has 9 aromatic rings. The molecule has 0 spiro atoms. The van der Waals surface area contributed by atoms with Crippen LogP contribution in [0.25, 0.3) is 59.5 Å². The predicted molar refractivity (Wildman–Crippen MR) is 220 cm³/mol. The summed E-state index contributed by atoms with van der Waals surface area (Å²) in [5.41, 5.74) is 14.8. The SMILES string of the molecule is CC(C)(C)c1ccc(N2c3cccc4c3B(c3sc5ccc(C(C)(C)C)cc5c32)c2cccc3c5ccc6c7ccccc7oc6c5n-4c23)cc1. The van der Waals surface area contributed by atoms with Crippen molar-refractivity contribution in [3.05, 3.63) is 126 Å². The van der Waals surface area contributed by atoms with Gasteiger partial charge in [0.15, 0.2) is 5.58 Å². The molecule has 0 bridgehead atoms. The van der Waals surface area contributed by atoms with Crippen LogP contribution in [0, 0.1) is 0 Å². The molecule has 0 unspecified atom stereocenters. The summed E-state index contributed by atoms with van der Waals surface area (Å²) in [6, 6.07) is 43.3. The van der Waals surface area contributed by atoms with Crippen LogP contribution in [0.5, 0.6) is 0 Å². The second-order valence-electron chi connectivity index (χ2n) is 16.6. The van der Waals surface area contributed by atoms with Crippen LogP contribution in [0.4, 0.5) is 17.1 Å². The van der Waals surface area contributed by atoms with Crippen molar-refractivity contribution in [3.63, 3.8) is 0 Å². The van der Waals surface area contributed by atoms with Gasteiger partial charge in [-0.3, -0.25) is 0 Å². The van der Waals surface area contributed by atoms with E-state index in [1.54, 1.807) is 0 Å². The molecule has 0 fully saturated rings. The lowest BCUT2D eigenvalue weighted by atomic mass is 9.36. The number of benzene rings is 6. The summed E-state index contributed by atoms with van der Waals surface area (Å²) in [5.74, 6) is 0. The van der Waals surface area contributed by atoms with Gasteiger partial charge in [-0.25, -0.2) is 0 Å². The summed E-state index contributed by atoms with van der Waals surface area (Å²) < 4.78 is 12.0. The standard InChI is InChI=1S/C46H37BN2OS/c1-45(2,3)26-17-20-28(21-18-26)48-35-14-10-15-36-39(35)47(44-42(48)33-25-27(46(4,5)6)19-24-38(33)51-44)34-13-9-12-30-31-22-23-32-29-11-7-8-16-37(29)50-43(32)41(31)49(36)40(30)34/h7-25H,1-6H3. The number of rotatable bonds is 1.